The molecule has 32 heavy (non-hydrogen) atoms. The summed E-state index contributed by atoms with van der Waals surface area (Å²) in [7, 11) is 0. The summed E-state index contributed by atoms with van der Waals surface area (Å²) in [5.74, 6) is 0.387. The van der Waals surface area contributed by atoms with E-state index in [1.807, 2.05) is 18.2 Å². The first-order chi connectivity index (χ1) is 15.6. The lowest BCUT2D eigenvalue weighted by Crippen LogP contribution is -2.31. The number of amides is 1. The predicted molar refractivity (Wildman–Crippen MR) is 128 cm³/mol. The maximum Gasteiger partial charge on any atom is 0.325 e. The number of thiophene rings is 1. The normalized spacial score (nSPS) is 13.0. The highest BCUT2D eigenvalue weighted by atomic mass is 32.2. The number of hydrogen-bond donors (Lipinski definition) is 1. The van der Waals surface area contributed by atoms with Gasteiger partial charge >= 0.3 is 5.97 Å². The molecule has 0 radical (unpaired) electrons. The van der Waals surface area contributed by atoms with Crippen molar-refractivity contribution in [2.24, 2.45) is 0 Å². The molecule has 1 aromatic carbocycles. The second-order valence-electron chi connectivity index (χ2n) is 7.69. The van der Waals surface area contributed by atoms with Crippen LogP contribution in [-0.2, 0) is 40.0 Å². The molecule has 0 unspecified atom stereocenters. The number of hydrogen-bond acceptors (Lipinski definition) is 7. The van der Waals surface area contributed by atoms with E-state index in [-0.39, 0.29) is 18.2 Å². The van der Waals surface area contributed by atoms with Crippen LogP contribution >= 0.6 is 23.1 Å². The van der Waals surface area contributed by atoms with Crippen molar-refractivity contribution in [1.29, 1.82) is 0 Å². The van der Waals surface area contributed by atoms with Crippen LogP contribution in [-0.4, -0.2) is 40.7 Å². The van der Waals surface area contributed by atoms with Gasteiger partial charge in [-0.2, -0.15) is 0 Å². The van der Waals surface area contributed by atoms with Gasteiger partial charge in [0.05, 0.1) is 12.4 Å². The van der Waals surface area contributed by atoms with Crippen LogP contribution in [0.15, 0.2) is 35.4 Å². The smallest absolute Gasteiger partial charge is 0.325 e. The minimum absolute atomic E-state index is 0.109. The number of fused-ring (bicyclic) bond motifs is 3. The van der Waals surface area contributed by atoms with Crippen LogP contribution in [0.4, 0.5) is 0 Å². The number of benzene rings is 1. The summed E-state index contributed by atoms with van der Waals surface area (Å²) in [6.45, 7) is 1.94. The molecule has 8 heteroatoms. The van der Waals surface area contributed by atoms with Crippen molar-refractivity contribution in [3.05, 3.63) is 52.2 Å². The molecule has 1 aliphatic carbocycles. The summed E-state index contributed by atoms with van der Waals surface area (Å²) in [5.41, 5.74) is 2.62. The van der Waals surface area contributed by atoms with Crippen molar-refractivity contribution < 1.29 is 14.3 Å². The van der Waals surface area contributed by atoms with Crippen LogP contribution < -0.4 is 5.32 Å². The zero-order valence-electron chi connectivity index (χ0n) is 18.2. The molecule has 2 heterocycles. The Morgan fingerprint density at radius 3 is 2.75 bits per heavy atom. The second-order valence-corrected chi connectivity index (χ2v) is 9.74. The number of ether oxygens (including phenoxy) is 1. The van der Waals surface area contributed by atoms with E-state index in [4.69, 9.17) is 14.7 Å². The molecule has 0 saturated heterocycles. The van der Waals surface area contributed by atoms with E-state index in [0.29, 0.717) is 6.61 Å². The van der Waals surface area contributed by atoms with Crippen LogP contribution in [0.2, 0.25) is 0 Å². The Bertz CT molecular complexity index is 1100. The van der Waals surface area contributed by atoms with Gasteiger partial charge < -0.3 is 10.1 Å². The average Bonchev–Trinajstić information content (AvgIpc) is 3.19. The molecule has 1 aliphatic rings. The number of nitrogens with zero attached hydrogens (tertiary/aromatic N) is 2. The van der Waals surface area contributed by atoms with E-state index in [9.17, 15) is 9.59 Å². The Balaban J connectivity index is 1.52. The third-order valence-corrected chi connectivity index (χ3v) is 7.54. The number of rotatable bonds is 9. The number of esters is 1. The van der Waals surface area contributed by atoms with E-state index in [0.717, 1.165) is 46.8 Å². The van der Waals surface area contributed by atoms with Crippen LogP contribution in [0.5, 0.6) is 0 Å². The van der Waals surface area contributed by atoms with E-state index >= 15 is 0 Å². The first kappa shape index (κ1) is 22.7. The van der Waals surface area contributed by atoms with Gasteiger partial charge in [-0.05, 0) is 50.2 Å². The number of thioether (sulfide) groups is 1. The van der Waals surface area contributed by atoms with E-state index in [1.54, 1.807) is 18.3 Å². The van der Waals surface area contributed by atoms with Gasteiger partial charge in [0.2, 0.25) is 5.91 Å². The molecule has 1 N–H and O–H groups in total. The SMILES string of the molecule is CCOC(=O)CNC(=O)CSc1nc(CCc2ccccc2)nc2sc3c(c12)CCCC3. The number of carbonyl (C=O) groups is 2. The van der Waals surface area contributed by atoms with Crippen molar-refractivity contribution in [3.8, 4) is 0 Å². The van der Waals surface area contributed by atoms with Gasteiger partial charge in [-0.15, -0.1) is 11.3 Å². The highest BCUT2D eigenvalue weighted by Gasteiger charge is 2.22. The molecular formula is C24H27N3O3S2. The Hall–Kier alpha value is -2.45. The molecule has 2 aromatic heterocycles. The standard InChI is InChI=1S/C24H27N3O3S2/c1-2-30-21(29)14-25-20(28)15-31-23-22-17-10-6-7-11-18(17)32-24(22)27-19(26-23)13-12-16-8-4-3-5-9-16/h3-5,8-9H,2,6-7,10-15H2,1H3,(H,25,28). The van der Waals surface area contributed by atoms with Crippen LogP contribution in [0.1, 0.15) is 41.6 Å². The van der Waals surface area contributed by atoms with Crippen molar-refractivity contribution in [1.82, 2.24) is 15.3 Å². The summed E-state index contributed by atoms with van der Waals surface area (Å²) in [4.78, 5) is 36.0. The fourth-order valence-electron chi connectivity index (χ4n) is 3.85. The highest BCUT2D eigenvalue weighted by molar-refractivity contribution is 8.00. The minimum atomic E-state index is -0.426. The fourth-order valence-corrected chi connectivity index (χ4v) is 6.10. The molecule has 0 atom stereocenters. The summed E-state index contributed by atoms with van der Waals surface area (Å²) < 4.78 is 4.86. The summed E-state index contributed by atoms with van der Waals surface area (Å²) >= 11 is 3.21. The van der Waals surface area contributed by atoms with Gasteiger partial charge in [-0.1, -0.05) is 42.1 Å². The van der Waals surface area contributed by atoms with Crippen molar-refractivity contribution in [3.63, 3.8) is 0 Å². The molecule has 0 spiro atoms. The maximum atomic E-state index is 12.3. The Morgan fingerprint density at radius 2 is 1.94 bits per heavy atom. The molecule has 0 aliphatic heterocycles. The lowest BCUT2D eigenvalue weighted by atomic mass is 9.97. The summed E-state index contributed by atoms with van der Waals surface area (Å²) in [6.07, 6.45) is 6.17. The quantitative estimate of drug-likeness (QED) is 0.288. The van der Waals surface area contributed by atoms with Crippen LogP contribution in [0, 0.1) is 0 Å². The fraction of sp³-hybridized carbons (Fsp3) is 0.417. The largest absolute Gasteiger partial charge is 0.465 e. The summed E-state index contributed by atoms with van der Waals surface area (Å²) in [5, 5.41) is 4.63. The lowest BCUT2D eigenvalue weighted by Gasteiger charge is -2.12. The average molecular weight is 470 g/mol. The van der Waals surface area contributed by atoms with Crippen LogP contribution in [0.3, 0.4) is 0 Å². The second kappa shape index (κ2) is 10.9. The third kappa shape index (κ3) is 5.66. The molecule has 0 fully saturated rings. The lowest BCUT2D eigenvalue weighted by molar-refractivity contribution is -0.143. The summed E-state index contributed by atoms with van der Waals surface area (Å²) in [6, 6.07) is 10.3. The van der Waals surface area contributed by atoms with Gasteiger partial charge in [0.25, 0.3) is 0 Å². The zero-order valence-corrected chi connectivity index (χ0v) is 19.8. The Labute approximate surface area is 196 Å². The van der Waals surface area contributed by atoms with Crippen LogP contribution in [0.25, 0.3) is 10.2 Å². The first-order valence-corrected chi connectivity index (χ1v) is 12.8. The molecule has 4 rings (SSSR count). The van der Waals surface area contributed by atoms with Gasteiger partial charge in [0.15, 0.2) is 0 Å². The highest BCUT2D eigenvalue weighted by Crippen LogP contribution is 2.39. The monoisotopic (exact) mass is 469 g/mol. The number of aromatic nitrogens is 2. The zero-order chi connectivity index (χ0) is 22.3. The molecule has 1 amide bonds. The molecule has 6 nitrogen and oxygen atoms in total. The molecule has 3 aromatic rings. The van der Waals surface area contributed by atoms with Gasteiger partial charge in [0, 0.05) is 16.7 Å². The van der Waals surface area contributed by atoms with Crippen molar-refractivity contribution in [2.75, 3.05) is 18.9 Å². The van der Waals surface area contributed by atoms with Gasteiger partial charge in [0.1, 0.15) is 22.2 Å². The molecule has 0 saturated carbocycles. The molecule has 0 bridgehead atoms. The molecular weight excluding hydrogens is 442 g/mol. The number of aryl methyl sites for hydroxylation is 4. The number of carbonyl (C=O) groups excluding carboxylic acids is 2. The molecule has 168 valence electrons. The topological polar surface area (TPSA) is 81.2 Å². The van der Waals surface area contributed by atoms with Gasteiger partial charge in [-0.3, -0.25) is 9.59 Å². The van der Waals surface area contributed by atoms with E-state index in [1.165, 1.54) is 40.6 Å². The van der Waals surface area contributed by atoms with E-state index in [2.05, 4.69) is 17.4 Å². The van der Waals surface area contributed by atoms with Gasteiger partial charge in [-0.25, -0.2) is 9.97 Å². The van der Waals surface area contributed by atoms with Crippen molar-refractivity contribution >= 4 is 45.2 Å². The Kier molecular flexibility index (Phi) is 7.76. The third-order valence-electron chi connectivity index (χ3n) is 5.38. The maximum absolute atomic E-state index is 12.3. The predicted octanol–water partition coefficient (Wildman–Crippen LogP) is 4.13. The number of nitrogens with one attached hydrogen (secondary N) is 1. The first-order valence-electron chi connectivity index (χ1n) is 11.0. The van der Waals surface area contributed by atoms with Crippen molar-refractivity contribution in [2.45, 2.75) is 50.5 Å². The minimum Gasteiger partial charge on any atom is -0.465 e. The van der Waals surface area contributed by atoms with E-state index < -0.39 is 5.97 Å². The Morgan fingerprint density at radius 1 is 1.12 bits per heavy atom.